The van der Waals surface area contributed by atoms with E-state index in [1.54, 1.807) is 13.2 Å². The quantitative estimate of drug-likeness (QED) is 0.652. The van der Waals surface area contributed by atoms with Crippen molar-refractivity contribution in [2.24, 2.45) is 0 Å². The van der Waals surface area contributed by atoms with Crippen molar-refractivity contribution in [3.05, 3.63) is 64.1 Å². The standard InChI is InChI=1S/C20H22BrNO2/c1-4-14(2)17-7-5-6-8-18(17)22-20(23)12-9-15-13-16(21)10-11-19(15)24-3/h5-14H,4H2,1-3H3,(H,22,23)/b12-9+/t14-/m0/s1. The number of amides is 1. The summed E-state index contributed by atoms with van der Waals surface area (Å²) in [5.74, 6) is 0.964. The number of para-hydroxylation sites is 1. The molecule has 0 radical (unpaired) electrons. The lowest BCUT2D eigenvalue weighted by Crippen LogP contribution is -2.10. The predicted octanol–water partition coefficient (Wildman–Crippen LogP) is 5.62. The second-order valence-electron chi connectivity index (χ2n) is 5.61. The number of benzene rings is 2. The maximum atomic E-state index is 12.3. The van der Waals surface area contributed by atoms with Gasteiger partial charge in [-0.3, -0.25) is 4.79 Å². The number of carbonyl (C=O) groups is 1. The highest BCUT2D eigenvalue weighted by Crippen LogP contribution is 2.27. The fourth-order valence-electron chi connectivity index (χ4n) is 2.44. The van der Waals surface area contributed by atoms with Gasteiger partial charge >= 0.3 is 0 Å². The molecule has 0 heterocycles. The van der Waals surface area contributed by atoms with Crippen molar-refractivity contribution >= 4 is 33.6 Å². The highest BCUT2D eigenvalue weighted by atomic mass is 79.9. The number of nitrogens with one attached hydrogen (secondary N) is 1. The molecule has 1 N–H and O–H groups in total. The number of anilines is 1. The van der Waals surface area contributed by atoms with Crippen LogP contribution in [0.4, 0.5) is 5.69 Å². The maximum absolute atomic E-state index is 12.3. The van der Waals surface area contributed by atoms with Gasteiger partial charge in [-0.25, -0.2) is 0 Å². The Labute approximate surface area is 151 Å². The summed E-state index contributed by atoms with van der Waals surface area (Å²) in [5, 5.41) is 2.97. The van der Waals surface area contributed by atoms with Gasteiger partial charge in [0.05, 0.1) is 7.11 Å². The first-order valence-electron chi connectivity index (χ1n) is 7.96. The molecule has 2 aromatic carbocycles. The van der Waals surface area contributed by atoms with Gasteiger partial charge < -0.3 is 10.1 Å². The largest absolute Gasteiger partial charge is 0.496 e. The Morgan fingerprint density at radius 1 is 1.29 bits per heavy atom. The van der Waals surface area contributed by atoms with Gasteiger partial charge in [0.1, 0.15) is 5.75 Å². The third-order valence-corrected chi connectivity index (χ3v) is 4.46. The number of rotatable bonds is 6. The minimum atomic E-state index is -0.159. The van der Waals surface area contributed by atoms with Gasteiger partial charge in [-0.05, 0) is 48.2 Å². The van der Waals surface area contributed by atoms with Crippen LogP contribution in [-0.4, -0.2) is 13.0 Å². The molecule has 0 spiro atoms. The number of methoxy groups -OCH3 is 1. The molecule has 1 amide bonds. The van der Waals surface area contributed by atoms with Gasteiger partial charge in [0, 0.05) is 21.8 Å². The SMILES string of the molecule is CC[C@H](C)c1ccccc1NC(=O)/C=C/c1cc(Br)ccc1OC. The number of hydrogen-bond donors (Lipinski definition) is 1. The van der Waals surface area contributed by atoms with Gasteiger partial charge in [-0.2, -0.15) is 0 Å². The second kappa shape index (κ2) is 8.69. The van der Waals surface area contributed by atoms with Gasteiger partial charge in [-0.1, -0.05) is 48.0 Å². The molecule has 126 valence electrons. The van der Waals surface area contributed by atoms with Gasteiger partial charge in [0.2, 0.25) is 5.91 Å². The minimum absolute atomic E-state index is 0.159. The molecule has 0 aliphatic heterocycles. The molecule has 0 saturated heterocycles. The molecular formula is C20H22BrNO2. The number of hydrogen-bond acceptors (Lipinski definition) is 2. The molecule has 0 aliphatic rings. The molecule has 2 aromatic rings. The fourth-order valence-corrected chi connectivity index (χ4v) is 2.81. The monoisotopic (exact) mass is 387 g/mol. The molecule has 3 nitrogen and oxygen atoms in total. The van der Waals surface area contributed by atoms with E-state index in [1.807, 2.05) is 36.4 Å². The first kappa shape index (κ1) is 18.3. The van der Waals surface area contributed by atoms with Crippen LogP contribution in [0.15, 0.2) is 53.0 Å². The zero-order chi connectivity index (χ0) is 17.5. The average Bonchev–Trinajstić information content (AvgIpc) is 2.60. The number of halogens is 1. The highest BCUT2D eigenvalue weighted by molar-refractivity contribution is 9.10. The normalized spacial score (nSPS) is 12.2. The van der Waals surface area contributed by atoms with Crippen LogP contribution in [0.2, 0.25) is 0 Å². The fraction of sp³-hybridized carbons (Fsp3) is 0.250. The van der Waals surface area contributed by atoms with E-state index in [0.717, 1.165) is 33.5 Å². The van der Waals surface area contributed by atoms with E-state index in [2.05, 4.69) is 41.2 Å². The topological polar surface area (TPSA) is 38.3 Å². The zero-order valence-electron chi connectivity index (χ0n) is 14.2. The van der Waals surface area contributed by atoms with Crippen molar-refractivity contribution in [1.29, 1.82) is 0 Å². The van der Waals surface area contributed by atoms with Crippen LogP contribution in [0.25, 0.3) is 6.08 Å². The molecule has 0 aliphatic carbocycles. The molecule has 2 rings (SSSR count). The van der Waals surface area contributed by atoms with E-state index in [1.165, 1.54) is 6.08 Å². The molecule has 4 heteroatoms. The highest BCUT2D eigenvalue weighted by Gasteiger charge is 2.10. The summed E-state index contributed by atoms with van der Waals surface area (Å²) in [6.45, 7) is 4.30. The Hall–Kier alpha value is -2.07. The van der Waals surface area contributed by atoms with E-state index in [9.17, 15) is 4.79 Å². The first-order chi connectivity index (χ1) is 11.5. The number of ether oxygens (including phenoxy) is 1. The second-order valence-corrected chi connectivity index (χ2v) is 6.52. The zero-order valence-corrected chi connectivity index (χ0v) is 15.8. The van der Waals surface area contributed by atoms with Crippen molar-refractivity contribution in [2.45, 2.75) is 26.2 Å². The van der Waals surface area contributed by atoms with Crippen molar-refractivity contribution in [3.8, 4) is 5.75 Å². The van der Waals surface area contributed by atoms with Crippen molar-refractivity contribution < 1.29 is 9.53 Å². The van der Waals surface area contributed by atoms with E-state index in [-0.39, 0.29) is 5.91 Å². The van der Waals surface area contributed by atoms with Crippen LogP contribution in [0.3, 0.4) is 0 Å². The molecule has 24 heavy (non-hydrogen) atoms. The van der Waals surface area contributed by atoms with E-state index >= 15 is 0 Å². The lowest BCUT2D eigenvalue weighted by molar-refractivity contribution is -0.111. The molecule has 0 bridgehead atoms. The molecule has 1 atom stereocenters. The molecule has 0 fully saturated rings. The Morgan fingerprint density at radius 2 is 2.04 bits per heavy atom. The lowest BCUT2D eigenvalue weighted by atomic mass is 9.97. The third kappa shape index (κ3) is 4.71. The third-order valence-electron chi connectivity index (χ3n) is 3.97. The molecule has 0 aromatic heterocycles. The Bertz CT molecular complexity index is 740. The lowest BCUT2D eigenvalue weighted by Gasteiger charge is -2.14. The van der Waals surface area contributed by atoms with Gasteiger partial charge in [0.25, 0.3) is 0 Å². The van der Waals surface area contributed by atoms with E-state index < -0.39 is 0 Å². The Morgan fingerprint density at radius 3 is 2.75 bits per heavy atom. The summed E-state index contributed by atoms with van der Waals surface area (Å²) in [7, 11) is 1.61. The number of carbonyl (C=O) groups excluding carboxylic acids is 1. The van der Waals surface area contributed by atoms with E-state index in [4.69, 9.17) is 4.74 Å². The van der Waals surface area contributed by atoms with Crippen molar-refractivity contribution in [2.75, 3.05) is 12.4 Å². The smallest absolute Gasteiger partial charge is 0.248 e. The van der Waals surface area contributed by atoms with Crippen LogP contribution < -0.4 is 10.1 Å². The van der Waals surface area contributed by atoms with Crippen LogP contribution in [-0.2, 0) is 4.79 Å². The first-order valence-corrected chi connectivity index (χ1v) is 8.76. The Kier molecular flexibility index (Phi) is 6.62. The van der Waals surface area contributed by atoms with Crippen LogP contribution in [0, 0.1) is 0 Å². The predicted molar refractivity (Wildman–Crippen MR) is 104 cm³/mol. The van der Waals surface area contributed by atoms with Crippen LogP contribution in [0.1, 0.15) is 37.3 Å². The van der Waals surface area contributed by atoms with Crippen molar-refractivity contribution in [1.82, 2.24) is 0 Å². The van der Waals surface area contributed by atoms with Crippen LogP contribution in [0.5, 0.6) is 5.75 Å². The van der Waals surface area contributed by atoms with Crippen molar-refractivity contribution in [3.63, 3.8) is 0 Å². The summed E-state index contributed by atoms with van der Waals surface area (Å²) in [6.07, 6.45) is 4.31. The van der Waals surface area contributed by atoms with Gasteiger partial charge in [0.15, 0.2) is 0 Å². The van der Waals surface area contributed by atoms with E-state index in [0.29, 0.717) is 5.92 Å². The average molecular weight is 388 g/mol. The van der Waals surface area contributed by atoms with Gasteiger partial charge in [-0.15, -0.1) is 0 Å². The maximum Gasteiger partial charge on any atom is 0.248 e. The molecule has 0 unspecified atom stereocenters. The summed E-state index contributed by atoms with van der Waals surface area (Å²) >= 11 is 3.43. The molecule has 0 saturated carbocycles. The summed E-state index contributed by atoms with van der Waals surface area (Å²) in [6, 6.07) is 13.6. The minimum Gasteiger partial charge on any atom is -0.496 e. The Balaban J connectivity index is 2.16. The summed E-state index contributed by atoms with van der Waals surface area (Å²) in [4.78, 5) is 12.3. The van der Waals surface area contributed by atoms with Crippen LogP contribution >= 0.6 is 15.9 Å². The summed E-state index contributed by atoms with van der Waals surface area (Å²) in [5.41, 5.74) is 2.86. The molecular weight excluding hydrogens is 366 g/mol. The summed E-state index contributed by atoms with van der Waals surface area (Å²) < 4.78 is 6.25.